The number of carbonyl (C=O) groups excluding carboxylic acids is 1. The fourth-order valence-corrected chi connectivity index (χ4v) is 5.71. The number of ether oxygens (including phenoxy) is 2. The number of fused-ring (bicyclic) bond motifs is 1. The number of benzene rings is 2. The number of nitrogens with zero attached hydrogens (tertiary/aromatic N) is 2. The highest BCUT2D eigenvalue weighted by Crippen LogP contribution is 2.34. The molecule has 1 amide bonds. The van der Waals surface area contributed by atoms with E-state index in [1.165, 1.54) is 10.4 Å². The lowest BCUT2D eigenvalue weighted by atomic mass is 10.0. The van der Waals surface area contributed by atoms with E-state index in [1.807, 2.05) is 13.0 Å². The maximum absolute atomic E-state index is 13.5. The lowest BCUT2D eigenvalue weighted by Crippen LogP contribution is -2.50. The highest BCUT2D eigenvalue weighted by Gasteiger charge is 2.38. The number of aliphatic hydroxyl groups excluding tert-OH is 1. The predicted molar refractivity (Wildman–Crippen MR) is 133 cm³/mol. The Morgan fingerprint density at radius 2 is 2.00 bits per heavy atom. The van der Waals surface area contributed by atoms with E-state index in [-0.39, 0.29) is 48.8 Å². The summed E-state index contributed by atoms with van der Waals surface area (Å²) in [5.74, 6) is 5.53. The summed E-state index contributed by atoms with van der Waals surface area (Å²) in [6.07, 6.45) is -0.502. The molecule has 1 aliphatic heterocycles. The minimum atomic E-state index is -3.95. The van der Waals surface area contributed by atoms with Gasteiger partial charge in [-0.15, -0.1) is 0 Å². The molecule has 0 aliphatic carbocycles. The molecule has 0 unspecified atom stereocenters. The Hall–Kier alpha value is -2.90. The van der Waals surface area contributed by atoms with Crippen LogP contribution in [0.25, 0.3) is 0 Å². The van der Waals surface area contributed by atoms with Crippen molar-refractivity contribution in [2.45, 2.75) is 30.9 Å². The minimum Gasteiger partial charge on any atom is -0.487 e. The first-order valence-corrected chi connectivity index (χ1v) is 12.8. The molecule has 0 saturated heterocycles. The number of sulfonamides is 1. The van der Waals surface area contributed by atoms with E-state index < -0.39 is 22.2 Å². The van der Waals surface area contributed by atoms with E-state index in [2.05, 4.69) is 11.8 Å². The third kappa shape index (κ3) is 6.21. The molecule has 3 atom stereocenters. The van der Waals surface area contributed by atoms with Gasteiger partial charge < -0.3 is 19.5 Å². The molecule has 9 heteroatoms. The Morgan fingerprint density at radius 1 is 1.29 bits per heavy atom. The quantitative estimate of drug-likeness (QED) is 0.611. The molecule has 0 fully saturated rings. The number of carbonyl (C=O) groups is 1. The molecule has 3 rings (SSSR count). The smallest absolute Gasteiger partial charge is 0.253 e. The Bertz CT molecular complexity index is 1190. The fraction of sp³-hybridized carbons (Fsp3) is 0.423. The van der Waals surface area contributed by atoms with E-state index in [4.69, 9.17) is 9.47 Å². The van der Waals surface area contributed by atoms with Crippen LogP contribution in [0.2, 0.25) is 0 Å². The molecule has 0 bridgehead atoms. The zero-order valence-electron chi connectivity index (χ0n) is 20.5. The number of hydrogen-bond acceptors (Lipinski definition) is 6. The van der Waals surface area contributed by atoms with Gasteiger partial charge in [-0.05, 0) is 37.3 Å². The second kappa shape index (κ2) is 11.7. The Labute approximate surface area is 207 Å². The van der Waals surface area contributed by atoms with Gasteiger partial charge in [-0.25, -0.2) is 8.42 Å². The highest BCUT2D eigenvalue weighted by atomic mass is 32.2. The van der Waals surface area contributed by atoms with E-state index in [0.717, 1.165) is 0 Å². The summed E-state index contributed by atoms with van der Waals surface area (Å²) in [4.78, 5) is 14.5. The second-order valence-corrected chi connectivity index (χ2v) is 10.5. The van der Waals surface area contributed by atoms with Crippen LogP contribution in [0.4, 0.5) is 0 Å². The van der Waals surface area contributed by atoms with Crippen LogP contribution < -0.4 is 4.74 Å². The van der Waals surface area contributed by atoms with Crippen LogP contribution >= 0.6 is 0 Å². The van der Waals surface area contributed by atoms with Crippen LogP contribution in [-0.2, 0) is 14.8 Å². The Kier molecular flexibility index (Phi) is 8.92. The summed E-state index contributed by atoms with van der Waals surface area (Å²) in [7, 11) is -0.705. The average molecular weight is 501 g/mol. The van der Waals surface area contributed by atoms with Crippen LogP contribution in [0.1, 0.15) is 29.8 Å². The van der Waals surface area contributed by atoms with Gasteiger partial charge in [0.15, 0.2) is 0 Å². The van der Waals surface area contributed by atoms with Crippen LogP contribution in [-0.4, -0.2) is 81.2 Å². The molecule has 0 aromatic heterocycles. The maximum atomic E-state index is 13.5. The molecular formula is C26H32N2O6S. The number of methoxy groups -OCH3 is 1. The van der Waals surface area contributed by atoms with Gasteiger partial charge in [0.25, 0.3) is 5.91 Å². The van der Waals surface area contributed by atoms with Crippen molar-refractivity contribution in [2.75, 3.05) is 40.5 Å². The molecule has 1 N–H and O–H groups in total. The average Bonchev–Trinajstić information content (AvgIpc) is 2.85. The number of rotatable bonds is 6. The van der Waals surface area contributed by atoms with Crippen molar-refractivity contribution in [2.24, 2.45) is 5.92 Å². The van der Waals surface area contributed by atoms with Crippen molar-refractivity contribution in [3.05, 3.63) is 59.7 Å². The van der Waals surface area contributed by atoms with Crippen molar-refractivity contribution in [3.63, 3.8) is 0 Å². The van der Waals surface area contributed by atoms with Gasteiger partial charge in [0.1, 0.15) is 23.4 Å². The molecule has 0 radical (unpaired) electrons. The molecule has 2 aromatic rings. The highest BCUT2D eigenvalue weighted by molar-refractivity contribution is 7.89. The maximum Gasteiger partial charge on any atom is 0.253 e. The zero-order valence-corrected chi connectivity index (χ0v) is 21.3. The SMILES string of the molecule is COCC#Cc1ccc2c(c1)O[C@H](CN(C)C(=O)c1ccccc1)[C@H](C)CN([C@@H](C)CO)S2(=O)=O. The number of aliphatic hydroxyl groups is 1. The van der Waals surface area contributed by atoms with Gasteiger partial charge >= 0.3 is 0 Å². The predicted octanol–water partition coefficient (Wildman–Crippen LogP) is 2.23. The van der Waals surface area contributed by atoms with Crippen molar-refractivity contribution in [1.29, 1.82) is 0 Å². The summed E-state index contributed by atoms with van der Waals surface area (Å²) in [6.45, 7) is 3.85. The molecule has 35 heavy (non-hydrogen) atoms. The fourth-order valence-electron chi connectivity index (χ4n) is 3.89. The number of likely N-dealkylation sites (N-methyl/N-ethyl adjacent to an activating group) is 1. The van der Waals surface area contributed by atoms with Gasteiger partial charge in [0.05, 0.1) is 13.2 Å². The summed E-state index contributed by atoms with van der Waals surface area (Å²) in [5.41, 5.74) is 1.14. The molecule has 0 spiro atoms. The second-order valence-electron chi connectivity index (χ2n) is 8.69. The Balaban J connectivity index is 2.01. The summed E-state index contributed by atoms with van der Waals surface area (Å²) < 4.78 is 39.6. The van der Waals surface area contributed by atoms with Crippen LogP contribution in [0, 0.1) is 17.8 Å². The first-order valence-electron chi connectivity index (χ1n) is 11.4. The summed E-state index contributed by atoms with van der Waals surface area (Å²) in [5, 5.41) is 9.77. The van der Waals surface area contributed by atoms with Gasteiger partial charge in [-0.3, -0.25) is 4.79 Å². The van der Waals surface area contributed by atoms with Gasteiger partial charge in [-0.1, -0.05) is 37.0 Å². The lowest BCUT2D eigenvalue weighted by molar-refractivity contribution is 0.0563. The summed E-state index contributed by atoms with van der Waals surface area (Å²) >= 11 is 0. The van der Waals surface area contributed by atoms with E-state index in [0.29, 0.717) is 11.1 Å². The van der Waals surface area contributed by atoms with E-state index >= 15 is 0 Å². The summed E-state index contributed by atoms with van der Waals surface area (Å²) in [6, 6.07) is 13.0. The minimum absolute atomic E-state index is 0.00373. The van der Waals surface area contributed by atoms with Gasteiger partial charge in [0.2, 0.25) is 10.0 Å². The van der Waals surface area contributed by atoms with E-state index in [1.54, 1.807) is 62.4 Å². The first-order chi connectivity index (χ1) is 16.7. The Morgan fingerprint density at radius 3 is 2.66 bits per heavy atom. The largest absolute Gasteiger partial charge is 0.487 e. The monoisotopic (exact) mass is 500 g/mol. The molecular weight excluding hydrogens is 468 g/mol. The van der Waals surface area contributed by atoms with Gasteiger partial charge in [-0.2, -0.15) is 4.31 Å². The molecule has 8 nitrogen and oxygen atoms in total. The molecule has 1 aliphatic rings. The van der Waals surface area contributed by atoms with Gasteiger partial charge in [0, 0.05) is 43.8 Å². The molecule has 1 heterocycles. The molecule has 2 aromatic carbocycles. The molecule has 0 saturated carbocycles. The topological polar surface area (TPSA) is 96.4 Å². The third-order valence-corrected chi connectivity index (χ3v) is 7.96. The van der Waals surface area contributed by atoms with Crippen LogP contribution in [0.15, 0.2) is 53.4 Å². The van der Waals surface area contributed by atoms with Crippen molar-refractivity contribution in [3.8, 4) is 17.6 Å². The third-order valence-electron chi connectivity index (χ3n) is 5.94. The van der Waals surface area contributed by atoms with Crippen molar-refractivity contribution >= 4 is 15.9 Å². The van der Waals surface area contributed by atoms with Crippen molar-refractivity contribution < 1.29 is 27.8 Å². The molecule has 188 valence electrons. The number of hydrogen-bond donors (Lipinski definition) is 1. The van der Waals surface area contributed by atoms with Crippen LogP contribution in [0.5, 0.6) is 5.75 Å². The standard InChI is InChI=1S/C26H32N2O6S/c1-19-16-28(20(2)18-29)35(31,32)25-13-12-21(9-8-14-33-4)15-23(25)34-24(19)17-27(3)26(30)22-10-6-5-7-11-22/h5-7,10-13,15,19-20,24,29H,14,16-18H2,1-4H3/t19-,20+,24-/m1/s1. The number of amides is 1. The van der Waals surface area contributed by atoms with E-state index in [9.17, 15) is 18.3 Å². The lowest BCUT2D eigenvalue weighted by Gasteiger charge is -2.37. The first kappa shape index (κ1) is 26.7. The van der Waals surface area contributed by atoms with Crippen molar-refractivity contribution in [1.82, 2.24) is 9.21 Å². The zero-order chi connectivity index (χ0) is 25.6. The van der Waals surface area contributed by atoms with Crippen LogP contribution in [0.3, 0.4) is 0 Å². The normalized spacial score (nSPS) is 20.3.